The Hall–Kier alpha value is -3.23. The second-order valence-corrected chi connectivity index (χ2v) is 9.64. The van der Waals surface area contributed by atoms with Crippen molar-refractivity contribution in [1.82, 2.24) is 9.46 Å². The molecule has 1 amide bonds. The highest BCUT2D eigenvalue weighted by atomic mass is 32.2. The molecule has 1 N–H and O–H groups in total. The highest BCUT2D eigenvalue weighted by molar-refractivity contribution is 7.89. The van der Waals surface area contributed by atoms with Gasteiger partial charge >= 0.3 is 0 Å². The Balaban J connectivity index is 1.54. The maximum Gasteiger partial charge on any atom is 0.248 e. The molecule has 2 heterocycles. The summed E-state index contributed by atoms with van der Waals surface area (Å²) < 4.78 is 33.7. The Labute approximate surface area is 187 Å². The average molecular weight is 452 g/mol. The molecule has 0 saturated carbocycles. The molecule has 1 aromatic heterocycles. The SMILES string of the molecule is Cc1noc(/C=C/c2ccccc2)c1S(=O)(=O)N1CCCC(C(=O)Nc2ccccc2)C1. The van der Waals surface area contributed by atoms with Gasteiger partial charge in [0.2, 0.25) is 15.9 Å². The third-order valence-electron chi connectivity index (χ3n) is 5.45. The number of para-hydroxylation sites is 1. The van der Waals surface area contributed by atoms with Crippen molar-refractivity contribution in [3.63, 3.8) is 0 Å². The van der Waals surface area contributed by atoms with Crippen molar-refractivity contribution in [2.75, 3.05) is 18.4 Å². The van der Waals surface area contributed by atoms with Crippen LogP contribution in [-0.2, 0) is 14.8 Å². The fourth-order valence-corrected chi connectivity index (χ4v) is 5.58. The molecule has 1 fully saturated rings. The number of sulfonamides is 1. The normalized spacial score (nSPS) is 17.5. The molecular formula is C24H25N3O4S. The zero-order chi connectivity index (χ0) is 22.6. The summed E-state index contributed by atoms with van der Waals surface area (Å²) in [6.45, 7) is 2.08. The summed E-state index contributed by atoms with van der Waals surface area (Å²) in [4.78, 5) is 12.8. The van der Waals surface area contributed by atoms with Crippen LogP contribution in [0.5, 0.6) is 0 Å². The molecule has 1 aliphatic rings. The van der Waals surface area contributed by atoms with E-state index in [1.165, 1.54) is 4.31 Å². The number of carbonyl (C=O) groups is 1. The van der Waals surface area contributed by atoms with E-state index in [1.54, 1.807) is 31.2 Å². The van der Waals surface area contributed by atoms with Crippen LogP contribution in [0.4, 0.5) is 5.69 Å². The first-order valence-electron chi connectivity index (χ1n) is 10.5. The van der Waals surface area contributed by atoms with Gasteiger partial charge in [-0.1, -0.05) is 59.8 Å². The van der Waals surface area contributed by atoms with Crippen LogP contribution in [0.25, 0.3) is 12.2 Å². The van der Waals surface area contributed by atoms with Crippen molar-refractivity contribution < 1.29 is 17.7 Å². The number of hydrogen-bond donors (Lipinski definition) is 1. The van der Waals surface area contributed by atoms with Crippen LogP contribution >= 0.6 is 0 Å². The van der Waals surface area contributed by atoms with Crippen molar-refractivity contribution >= 4 is 33.8 Å². The predicted molar refractivity (Wildman–Crippen MR) is 123 cm³/mol. The lowest BCUT2D eigenvalue weighted by Crippen LogP contribution is -2.43. The van der Waals surface area contributed by atoms with Crippen LogP contribution < -0.4 is 5.32 Å². The van der Waals surface area contributed by atoms with Crippen molar-refractivity contribution in [2.24, 2.45) is 5.92 Å². The molecule has 166 valence electrons. The van der Waals surface area contributed by atoms with Gasteiger partial charge in [0, 0.05) is 18.8 Å². The number of benzene rings is 2. The van der Waals surface area contributed by atoms with Gasteiger partial charge in [-0.2, -0.15) is 4.31 Å². The summed E-state index contributed by atoms with van der Waals surface area (Å²) in [5.41, 5.74) is 1.91. The topological polar surface area (TPSA) is 92.5 Å². The number of nitrogens with one attached hydrogen (secondary N) is 1. The molecule has 32 heavy (non-hydrogen) atoms. The zero-order valence-corrected chi connectivity index (χ0v) is 18.6. The van der Waals surface area contributed by atoms with Gasteiger partial charge in [0.05, 0.1) is 5.92 Å². The Bertz CT molecular complexity index is 1200. The number of aryl methyl sites for hydroxylation is 1. The molecule has 1 unspecified atom stereocenters. The fourth-order valence-electron chi connectivity index (χ4n) is 3.80. The molecule has 1 atom stereocenters. The summed E-state index contributed by atoms with van der Waals surface area (Å²) >= 11 is 0. The molecular weight excluding hydrogens is 426 g/mol. The largest absolute Gasteiger partial charge is 0.355 e. The van der Waals surface area contributed by atoms with Gasteiger partial charge in [-0.25, -0.2) is 8.42 Å². The van der Waals surface area contributed by atoms with Crippen LogP contribution in [0, 0.1) is 12.8 Å². The highest BCUT2D eigenvalue weighted by Crippen LogP contribution is 2.29. The van der Waals surface area contributed by atoms with E-state index in [0.717, 1.165) is 5.56 Å². The lowest BCUT2D eigenvalue weighted by Gasteiger charge is -2.31. The van der Waals surface area contributed by atoms with Crippen LogP contribution in [0.2, 0.25) is 0 Å². The summed E-state index contributed by atoms with van der Waals surface area (Å²) in [5.74, 6) is -0.424. The second kappa shape index (κ2) is 9.50. The van der Waals surface area contributed by atoms with Crippen molar-refractivity contribution in [1.29, 1.82) is 0 Å². The molecule has 0 bridgehead atoms. The monoisotopic (exact) mass is 451 g/mol. The van der Waals surface area contributed by atoms with Crippen LogP contribution in [0.1, 0.15) is 29.9 Å². The fraction of sp³-hybridized carbons (Fsp3) is 0.250. The number of nitrogens with zero attached hydrogens (tertiary/aromatic N) is 2. The van der Waals surface area contributed by atoms with E-state index < -0.39 is 15.9 Å². The van der Waals surface area contributed by atoms with Gasteiger partial charge in [-0.05, 0) is 43.5 Å². The third-order valence-corrected chi connectivity index (χ3v) is 7.48. The number of rotatable bonds is 6. The standard InChI is InChI=1S/C24H25N3O4S/c1-18-23(22(31-26-18)15-14-19-9-4-2-5-10-19)32(29,30)27-16-8-11-20(17-27)24(28)25-21-12-6-3-7-13-21/h2-7,9-10,12-15,20H,8,11,16-17H2,1H3,(H,25,28)/b15-14+. The third kappa shape index (κ3) is 4.81. The minimum atomic E-state index is -3.88. The lowest BCUT2D eigenvalue weighted by atomic mass is 9.99. The molecule has 0 aliphatic carbocycles. The Morgan fingerprint density at radius 3 is 2.50 bits per heavy atom. The Morgan fingerprint density at radius 1 is 1.09 bits per heavy atom. The molecule has 8 heteroatoms. The van der Waals surface area contributed by atoms with Gasteiger partial charge in [-0.15, -0.1) is 0 Å². The van der Waals surface area contributed by atoms with Crippen LogP contribution in [0.3, 0.4) is 0 Å². The second-order valence-electron chi connectivity index (χ2n) is 7.76. The molecule has 0 radical (unpaired) electrons. The maximum atomic E-state index is 13.5. The summed E-state index contributed by atoms with van der Waals surface area (Å²) in [6, 6.07) is 18.7. The van der Waals surface area contributed by atoms with Crippen LogP contribution in [0.15, 0.2) is 70.1 Å². The number of hydrogen-bond acceptors (Lipinski definition) is 5. The quantitative estimate of drug-likeness (QED) is 0.607. The smallest absolute Gasteiger partial charge is 0.248 e. The summed E-state index contributed by atoms with van der Waals surface area (Å²) in [5, 5.41) is 6.77. The van der Waals surface area contributed by atoms with E-state index in [-0.39, 0.29) is 23.1 Å². The summed E-state index contributed by atoms with van der Waals surface area (Å²) in [7, 11) is -3.88. The first kappa shape index (κ1) is 22.0. The number of piperidine rings is 1. The van der Waals surface area contributed by atoms with E-state index in [9.17, 15) is 13.2 Å². The molecule has 1 saturated heterocycles. The van der Waals surface area contributed by atoms with Gasteiger partial charge in [0.25, 0.3) is 0 Å². The van der Waals surface area contributed by atoms with Gasteiger partial charge in [0.15, 0.2) is 10.7 Å². The number of amides is 1. The Morgan fingerprint density at radius 2 is 1.78 bits per heavy atom. The molecule has 3 aromatic rings. The van der Waals surface area contributed by atoms with E-state index in [0.29, 0.717) is 30.8 Å². The number of anilines is 1. The van der Waals surface area contributed by atoms with Crippen LogP contribution in [-0.4, -0.2) is 36.9 Å². The van der Waals surface area contributed by atoms with E-state index >= 15 is 0 Å². The Kier molecular flexibility index (Phi) is 6.53. The van der Waals surface area contributed by atoms with Gasteiger partial charge in [-0.3, -0.25) is 4.79 Å². The summed E-state index contributed by atoms with van der Waals surface area (Å²) in [6.07, 6.45) is 4.64. The minimum Gasteiger partial charge on any atom is -0.355 e. The zero-order valence-electron chi connectivity index (χ0n) is 17.8. The van der Waals surface area contributed by atoms with Crippen molar-refractivity contribution in [3.8, 4) is 0 Å². The van der Waals surface area contributed by atoms with E-state index in [2.05, 4.69) is 10.5 Å². The minimum absolute atomic E-state index is 0.0498. The average Bonchev–Trinajstić information content (AvgIpc) is 3.20. The molecule has 1 aliphatic heterocycles. The van der Waals surface area contributed by atoms with Gasteiger partial charge < -0.3 is 9.84 Å². The highest BCUT2D eigenvalue weighted by Gasteiger charge is 2.36. The molecule has 2 aromatic carbocycles. The molecule has 7 nitrogen and oxygen atoms in total. The predicted octanol–water partition coefficient (Wildman–Crippen LogP) is 4.19. The molecule has 4 rings (SSSR count). The lowest BCUT2D eigenvalue weighted by molar-refractivity contribution is -0.120. The maximum absolute atomic E-state index is 13.5. The van der Waals surface area contributed by atoms with E-state index in [4.69, 9.17) is 4.52 Å². The number of aromatic nitrogens is 1. The van der Waals surface area contributed by atoms with Crippen molar-refractivity contribution in [2.45, 2.75) is 24.7 Å². The first-order valence-corrected chi connectivity index (χ1v) is 11.9. The van der Waals surface area contributed by atoms with Crippen molar-refractivity contribution in [3.05, 3.63) is 77.7 Å². The van der Waals surface area contributed by atoms with E-state index in [1.807, 2.05) is 48.5 Å². The molecule has 0 spiro atoms. The van der Waals surface area contributed by atoms with Gasteiger partial charge in [0.1, 0.15) is 5.69 Å². The first-order chi connectivity index (χ1) is 15.4. The number of carbonyl (C=O) groups excluding carboxylic acids is 1.